The summed E-state index contributed by atoms with van der Waals surface area (Å²) in [5.41, 5.74) is 7.80. The first kappa shape index (κ1) is 61.5. The number of rotatable bonds is 28. The Hall–Kier alpha value is -7.01. The highest BCUT2D eigenvalue weighted by atomic mass is 32.1. The standard InChI is InChI=1S/C59H80N8O8.H2S/c1-39(2)31-35-73-49-29-27-42-21-12-14-23-44(42)52(49)53-45-24-15-13-22-43(45)28-30-50(53)74-36-34-62-54(69)46(25-16-17-32-64-58(72)75-59(5,6)7)66-55(70)47(26-18-33-63-57(60)61-8)67-56(71)48(37-40(3)4)65-51(68)38-41-19-10-9-11-20-41;/h9-15,19-24,27-30,39-40,46-48H,16-18,25-26,31-38H2,1-8H3,(H,62,69)(H,64,72)(H,65,68)(H,66,70)(H,67,71)(H3,60,61,63);1H2/t46-,47-,48-;/m1./s1. The molecule has 5 amide bonds. The highest BCUT2D eigenvalue weighted by Gasteiger charge is 2.30. The van der Waals surface area contributed by atoms with Gasteiger partial charge in [-0.1, -0.05) is 119 Å². The molecular formula is C59H82N8O8S. The maximum Gasteiger partial charge on any atom is 0.407 e. The topological polar surface area (TPSA) is 224 Å². The van der Waals surface area contributed by atoms with Crippen LogP contribution in [0.4, 0.5) is 4.79 Å². The third-order valence-corrected chi connectivity index (χ3v) is 12.3. The van der Waals surface area contributed by atoms with Gasteiger partial charge in [0, 0.05) is 31.3 Å². The quantitative estimate of drug-likeness (QED) is 0.0144. The van der Waals surface area contributed by atoms with E-state index in [9.17, 15) is 24.0 Å². The van der Waals surface area contributed by atoms with E-state index in [1.807, 2.05) is 86.6 Å². The van der Waals surface area contributed by atoms with Crippen LogP contribution in [-0.2, 0) is 30.3 Å². The van der Waals surface area contributed by atoms with E-state index in [1.165, 1.54) is 0 Å². The first-order valence-electron chi connectivity index (χ1n) is 26.4. The van der Waals surface area contributed by atoms with Gasteiger partial charge in [-0.3, -0.25) is 24.2 Å². The second-order valence-electron chi connectivity index (χ2n) is 20.6. The molecule has 0 saturated carbocycles. The predicted molar refractivity (Wildman–Crippen MR) is 309 cm³/mol. The van der Waals surface area contributed by atoms with Crippen LogP contribution in [0.3, 0.4) is 0 Å². The number of amides is 5. The fourth-order valence-corrected chi connectivity index (χ4v) is 8.51. The largest absolute Gasteiger partial charge is 0.493 e. The van der Waals surface area contributed by atoms with Crippen LogP contribution < -0.4 is 47.1 Å². The van der Waals surface area contributed by atoms with Crippen LogP contribution in [0.5, 0.6) is 11.5 Å². The zero-order valence-electron chi connectivity index (χ0n) is 45.7. The molecule has 5 rings (SSSR count). The average Bonchev–Trinajstić information content (AvgIpc) is 3.36. The summed E-state index contributed by atoms with van der Waals surface area (Å²) in [7, 11) is 1.55. The third-order valence-electron chi connectivity index (χ3n) is 12.3. The lowest BCUT2D eigenvalue weighted by molar-refractivity contribution is -0.134. The average molecular weight is 1060 g/mol. The lowest BCUT2D eigenvalue weighted by atomic mass is 9.92. The van der Waals surface area contributed by atoms with Crippen molar-refractivity contribution >= 4 is 70.7 Å². The summed E-state index contributed by atoms with van der Waals surface area (Å²) < 4.78 is 18.5. The van der Waals surface area contributed by atoms with Gasteiger partial charge in [-0.15, -0.1) is 0 Å². The van der Waals surface area contributed by atoms with Gasteiger partial charge in [0.05, 0.1) is 19.6 Å². The van der Waals surface area contributed by atoms with E-state index in [2.05, 4.69) is 81.1 Å². The predicted octanol–water partition coefficient (Wildman–Crippen LogP) is 8.45. The third kappa shape index (κ3) is 20.3. The normalized spacial score (nSPS) is 12.7. The van der Waals surface area contributed by atoms with Crippen molar-refractivity contribution in [2.45, 2.75) is 124 Å². The number of nitrogens with two attached hydrogens (primary N) is 1. The summed E-state index contributed by atoms with van der Waals surface area (Å²) in [5, 5.41) is 21.5. The number of carbonyl (C=O) groups is 5. The molecule has 0 aliphatic carbocycles. The maximum atomic E-state index is 14.4. The molecule has 5 aromatic carbocycles. The fourth-order valence-electron chi connectivity index (χ4n) is 8.51. The Morgan fingerprint density at radius 2 is 1.11 bits per heavy atom. The Labute approximate surface area is 456 Å². The number of fused-ring (bicyclic) bond motifs is 2. The lowest BCUT2D eigenvalue weighted by Gasteiger charge is -2.26. The van der Waals surface area contributed by atoms with Crippen molar-refractivity contribution in [2.24, 2.45) is 22.6 Å². The zero-order valence-corrected chi connectivity index (χ0v) is 46.7. The molecule has 0 radical (unpaired) electrons. The SMILES string of the molecule is CN=C(N)NCCC[C@@H](NC(=O)[C@@H](CC(C)C)NC(=O)Cc1ccccc1)C(=O)N[C@H](CCCCNC(=O)OC(C)(C)C)C(=O)NCCOc1ccc2ccccc2c1-c1c(OCCC(C)C)ccc2ccccc12.S. The van der Waals surface area contributed by atoms with Crippen LogP contribution in [0.25, 0.3) is 32.7 Å². The Morgan fingerprint density at radius 3 is 1.68 bits per heavy atom. The van der Waals surface area contributed by atoms with E-state index in [0.29, 0.717) is 50.5 Å². The number of hydrogen-bond acceptors (Lipinski definition) is 9. The molecule has 0 heterocycles. The number of hydrogen-bond donors (Lipinski definition) is 7. The van der Waals surface area contributed by atoms with Gasteiger partial charge in [0.15, 0.2) is 5.96 Å². The van der Waals surface area contributed by atoms with Crippen LogP contribution in [0.1, 0.15) is 99.0 Å². The molecule has 0 saturated heterocycles. The Balaban J connectivity index is 0.0000125. The van der Waals surface area contributed by atoms with E-state index >= 15 is 0 Å². The van der Waals surface area contributed by atoms with Crippen molar-refractivity contribution in [1.82, 2.24) is 31.9 Å². The molecule has 0 unspecified atom stereocenters. The van der Waals surface area contributed by atoms with E-state index in [-0.39, 0.29) is 70.2 Å². The molecule has 0 aliphatic heterocycles. The number of aliphatic imine (C=N–C) groups is 1. The van der Waals surface area contributed by atoms with Gasteiger partial charge in [0.25, 0.3) is 0 Å². The van der Waals surface area contributed by atoms with E-state index in [1.54, 1.807) is 27.8 Å². The van der Waals surface area contributed by atoms with Gasteiger partial charge in [0.2, 0.25) is 23.6 Å². The summed E-state index contributed by atoms with van der Waals surface area (Å²) in [6.45, 7) is 14.9. The summed E-state index contributed by atoms with van der Waals surface area (Å²) >= 11 is 0. The molecule has 76 heavy (non-hydrogen) atoms. The van der Waals surface area contributed by atoms with E-state index in [4.69, 9.17) is 19.9 Å². The molecule has 0 spiro atoms. The highest BCUT2D eigenvalue weighted by molar-refractivity contribution is 7.59. The smallest absolute Gasteiger partial charge is 0.407 e. The van der Waals surface area contributed by atoms with Crippen molar-refractivity contribution in [3.05, 3.63) is 109 Å². The minimum Gasteiger partial charge on any atom is -0.493 e. The lowest BCUT2D eigenvalue weighted by Crippen LogP contribution is -2.57. The van der Waals surface area contributed by atoms with Crippen LogP contribution >= 0.6 is 13.5 Å². The fraction of sp³-hybridized carbons (Fsp3) is 0.458. The second kappa shape index (κ2) is 31.1. The molecule has 5 aromatic rings. The van der Waals surface area contributed by atoms with Crippen LogP contribution in [0, 0.1) is 11.8 Å². The number of nitrogens with one attached hydrogen (secondary N) is 6. The van der Waals surface area contributed by atoms with Crippen LogP contribution in [-0.4, -0.2) is 99.3 Å². The minimum absolute atomic E-state index is 0. The molecule has 0 bridgehead atoms. The van der Waals surface area contributed by atoms with Crippen LogP contribution in [0.2, 0.25) is 0 Å². The molecule has 412 valence electrons. The number of guanidine groups is 1. The Morgan fingerprint density at radius 1 is 0.566 bits per heavy atom. The van der Waals surface area contributed by atoms with Gasteiger partial charge in [-0.05, 0) is 117 Å². The molecule has 0 aromatic heterocycles. The van der Waals surface area contributed by atoms with Gasteiger partial charge in [0.1, 0.15) is 41.8 Å². The second-order valence-corrected chi connectivity index (χ2v) is 20.6. The van der Waals surface area contributed by atoms with E-state index in [0.717, 1.165) is 50.4 Å². The van der Waals surface area contributed by atoms with Gasteiger partial charge in [-0.2, -0.15) is 13.5 Å². The maximum absolute atomic E-state index is 14.4. The summed E-state index contributed by atoms with van der Waals surface area (Å²) in [6, 6.07) is 30.6. The number of ether oxygens (including phenoxy) is 3. The molecular weight excluding hydrogens is 981 g/mol. The summed E-state index contributed by atoms with van der Waals surface area (Å²) in [5.74, 6) is 0.194. The van der Waals surface area contributed by atoms with Crippen LogP contribution in [0.15, 0.2) is 108 Å². The number of unbranched alkanes of at least 4 members (excludes halogenated alkanes) is 1. The van der Waals surface area contributed by atoms with E-state index < -0.39 is 47.5 Å². The molecule has 8 N–H and O–H groups in total. The highest BCUT2D eigenvalue weighted by Crippen LogP contribution is 2.45. The number of alkyl carbamates (subject to hydrolysis) is 1. The molecule has 0 fully saturated rings. The summed E-state index contributed by atoms with van der Waals surface area (Å²) in [4.78, 5) is 72.4. The number of carbonyl (C=O) groups excluding carboxylic acids is 5. The monoisotopic (exact) mass is 1060 g/mol. The van der Waals surface area contributed by atoms with Gasteiger partial charge in [-0.25, -0.2) is 4.79 Å². The van der Waals surface area contributed by atoms with Crippen molar-refractivity contribution in [1.29, 1.82) is 0 Å². The Kier molecular flexibility index (Phi) is 25.2. The first-order chi connectivity index (χ1) is 35.9. The molecule has 17 heteroatoms. The van der Waals surface area contributed by atoms with Crippen molar-refractivity contribution in [3.8, 4) is 22.6 Å². The van der Waals surface area contributed by atoms with Crippen molar-refractivity contribution in [2.75, 3.05) is 39.9 Å². The minimum atomic E-state index is -1.09. The van der Waals surface area contributed by atoms with Crippen molar-refractivity contribution < 1.29 is 38.2 Å². The molecule has 3 atom stereocenters. The van der Waals surface area contributed by atoms with Gasteiger partial charge < -0.3 is 51.8 Å². The molecule has 0 aliphatic rings. The number of benzene rings is 5. The summed E-state index contributed by atoms with van der Waals surface area (Å²) in [6.07, 6.45) is 2.44. The molecule has 16 nitrogen and oxygen atoms in total. The number of nitrogens with zero attached hydrogens (tertiary/aromatic N) is 1. The van der Waals surface area contributed by atoms with Crippen molar-refractivity contribution in [3.63, 3.8) is 0 Å². The van der Waals surface area contributed by atoms with Gasteiger partial charge >= 0.3 is 6.09 Å². The first-order valence-corrected chi connectivity index (χ1v) is 26.4. The Bertz CT molecular complexity index is 2690. The zero-order chi connectivity index (χ0) is 54.3.